The molecule has 102 valence electrons. The van der Waals surface area contributed by atoms with Crippen molar-refractivity contribution in [3.05, 3.63) is 33.9 Å². The van der Waals surface area contributed by atoms with E-state index in [1.165, 1.54) is 13.0 Å². The first-order chi connectivity index (χ1) is 8.74. The second-order valence-corrected chi connectivity index (χ2v) is 5.77. The number of nitrogens with zero attached hydrogens (tertiary/aromatic N) is 2. The van der Waals surface area contributed by atoms with E-state index in [0.29, 0.717) is 0 Å². The number of fused-ring (bicyclic) bond motifs is 1. The van der Waals surface area contributed by atoms with Crippen molar-refractivity contribution in [1.82, 2.24) is 0 Å². The topological polar surface area (TPSA) is 63.5 Å². The molecule has 0 aromatic heterocycles. The van der Waals surface area contributed by atoms with E-state index in [9.17, 15) is 14.9 Å². The first-order valence-electron chi connectivity index (χ1n) is 6.33. The average Bonchev–Trinajstić information content (AvgIpc) is 2.26. The lowest BCUT2D eigenvalue weighted by molar-refractivity contribution is -0.384. The molecule has 19 heavy (non-hydrogen) atoms. The van der Waals surface area contributed by atoms with Crippen LogP contribution in [0.2, 0.25) is 0 Å². The standard InChI is InChI=1S/C14H18N2O3/c1-9-8-14(3,4)15(10(2)17)13-6-5-11(16(18)19)7-12(9)13/h5-7,9H,8H2,1-4H3. The second-order valence-electron chi connectivity index (χ2n) is 5.77. The van der Waals surface area contributed by atoms with Gasteiger partial charge in [0.05, 0.1) is 4.92 Å². The number of hydrogen-bond acceptors (Lipinski definition) is 3. The molecule has 1 heterocycles. The zero-order valence-electron chi connectivity index (χ0n) is 11.6. The van der Waals surface area contributed by atoms with Gasteiger partial charge in [-0.1, -0.05) is 6.92 Å². The molecule has 1 aliphatic heterocycles. The molecule has 1 aromatic rings. The fourth-order valence-corrected chi connectivity index (χ4v) is 3.13. The minimum atomic E-state index is -0.398. The predicted molar refractivity (Wildman–Crippen MR) is 73.4 cm³/mol. The van der Waals surface area contributed by atoms with E-state index in [2.05, 4.69) is 0 Å². The second kappa shape index (κ2) is 4.33. The molecule has 0 bridgehead atoms. The van der Waals surface area contributed by atoms with Crippen LogP contribution in [0, 0.1) is 10.1 Å². The monoisotopic (exact) mass is 262 g/mol. The lowest BCUT2D eigenvalue weighted by Gasteiger charge is -2.45. The van der Waals surface area contributed by atoms with Crippen molar-refractivity contribution in [1.29, 1.82) is 0 Å². The van der Waals surface area contributed by atoms with E-state index >= 15 is 0 Å². The molecule has 1 atom stereocenters. The number of carbonyl (C=O) groups excluding carboxylic acids is 1. The van der Waals surface area contributed by atoms with E-state index in [1.807, 2.05) is 20.8 Å². The zero-order chi connectivity index (χ0) is 14.4. The molecule has 0 radical (unpaired) electrons. The molecule has 1 aliphatic rings. The van der Waals surface area contributed by atoms with Crippen molar-refractivity contribution >= 4 is 17.3 Å². The molecule has 1 unspecified atom stereocenters. The summed E-state index contributed by atoms with van der Waals surface area (Å²) in [7, 11) is 0. The maximum absolute atomic E-state index is 11.9. The third-order valence-electron chi connectivity index (χ3n) is 3.72. The van der Waals surface area contributed by atoms with Gasteiger partial charge in [-0.2, -0.15) is 0 Å². The number of nitro benzene ring substituents is 1. The van der Waals surface area contributed by atoms with E-state index < -0.39 is 4.92 Å². The van der Waals surface area contributed by atoms with Gasteiger partial charge in [-0.05, 0) is 37.8 Å². The summed E-state index contributed by atoms with van der Waals surface area (Å²) in [5, 5.41) is 10.9. The minimum Gasteiger partial charge on any atom is -0.307 e. The van der Waals surface area contributed by atoms with Crippen molar-refractivity contribution in [2.45, 2.75) is 45.6 Å². The number of hydrogen-bond donors (Lipinski definition) is 0. The minimum absolute atomic E-state index is 0.0352. The van der Waals surface area contributed by atoms with E-state index in [0.717, 1.165) is 17.7 Å². The lowest BCUT2D eigenvalue weighted by Crippen LogP contribution is -2.50. The van der Waals surface area contributed by atoms with Gasteiger partial charge in [-0.25, -0.2) is 0 Å². The van der Waals surface area contributed by atoms with Crippen LogP contribution in [-0.2, 0) is 4.79 Å². The van der Waals surface area contributed by atoms with Crippen LogP contribution in [-0.4, -0.2) is 16.4 Å². The Balaban J connectivity index is 2.61. The molecule has 0 spiro atoms. The van der Waals surface area contributed by atoms with Crippen molar-refractivity contribution < 1.29 is 9.72 Å². The molecule has 1 aromatic carbocycles. The number of rotatable bonds is 1. The number of non-ortho nitro benzene ring substituents is 1. The molecular formula is C14H18N2O3. The molecule has 0 saturated carbocycles. The summed E-state index contributed by atoms with van der Waals surface area (Å²) in [6.07, 6.45) is 0.792. The molecule has 5 heteroatoms. The van der Waals surface area contributed by atoms with Gasteiger partial charge in [0, 0.05) is 30.3 Å². The zero-order valence-corrected chi connectivity index (χ0v) is 11.6. The quantitative estimate of drug-likeness (QED) is 0.576. The fraction of sp³-hybridized carbons (Fsp3) is 0.500. The van der Waals surface area contributed by atoms with E-state index in [-0.39, 0.29) is 23.1 Å². The van der Waals surface area contributed by atoms with Crippen molar-refractivity contribution in [3.63, 3.8) is 0 Å². The highest BCUT2D eigenvalue weighted by Crippen LogP contribution is 2.44. The Morgan fingerprint density at radius 1 is 1.47 bits per heavy atom. The summed E-state index contributed by atoms with van der Waals surface area (Å²) in [5.41, 5.74) is 1.48. The van der Waals surface area contributed by atoms with Crippen molar-refractivity contribution in [3.8, 4) is 0 Å². The Morgan fingerprint density at radius 2 is 2.11 bits per heavy atom. The van der Waals surface area contributed by atoms with Crippen LogP contribution in [0.1, 0.15) is 45.6 Å². The Kier molecular flexibility index (Phi) is 3.08. The van der Waals surface area contributed by atoms with Gasteiger partial charge in [-0.3, -0.25) is 14.9 Å². The van der Waals surface area contributed by atoms with Gasteiger partial charge in [0.2, 0.25) is 5.91 Å². The van der Waals surface area contributed by atoms with Gasteiger partial charge in [0.25, 0.3) is 5.69 Å². The smallest absolute Gasteiger partial charge is 0.269 e. The van der Waals surface area contributed by atoms with Crippen LogP contribution in [0.3, 0.4) is 0 Å². The molecule has 0 fully saturated rings. The first kappa shape index (κ1) is 13.5. The van der Waals surface area contributed by atoms with Gasteiger partial charge >= 0.3 is 0 Å². The predicted octanol–water partition coefficient (Wildman–Crippen LogP) is 3.23. The molecular weight excluding hydrogens is 244 g/mol. The number of carbonyl (C=O) groups is 1. The summed E-state index contributed by atoms with van der Waals surface area (Å²) >= 11 is 0. The van der Waals surface area contributed by atoms with Crippen molar-refractivity contribution in [2.24, 2.45) is 0 Å². The molecule has 0 aliphatic carbocycles. The normalized spacial score (nSPS) is 20.8. The number of anilines is 1. The Bertz CT molecular complexity index is 552. The van der Waals surface area contributed by atoms with Crippen LogP contribution in [0.4, 0.5) is 11.4 Å². The average molecular weight is 262 g/mol. The molecule has 5 nitrogen and oxygen atoms in total. The first-order valence-corrected chi connectivity index (χ1v) is 6.33. The molecule has 1 amide bonds. The lowest BCUT2D eigenvalue weighted by atomic mass is 9.80. The molecule has 2 rings (SSSR count). The molecule has 0 saturated heterocycles. The largest absolute Gasteiger partial charge is 0.307 e. The Labute approximate surface area is 112 Å². The summed E-state index contributed by atoms with van der Waals surface area (Å²) in [5.74, 6) is 0.160. The number of nitro groups is 1. The Morgan fingerprint density at radius 3 is 2.63 bits per heavy atom. The van der Waals surface area contributed by atoms with Gasteiger partial charge < -0.3 is 4.90 Å². The third kappa shape index (κ3) is 2.20. The van der Waals surface area contributed by atoms with E-state index in [4.69, 9.17) is 0 Å². The van der Waals surface area contributed by atoms with Crippen LogP contribution < -0.4 is 4.90 Å². The number of amides is 1. The highest BCUT2D eigenvalue weighted by molar-refractivity contribution is 5.94. The van der Waals surface area contributed by atoms with Crippen LogP contribution in [0.25, 0.3) is 0 Å². The third-order valence-corrected chi connectivity index (χ3v) is 3.72. The maximum atomic E-state index is 11.9. The number of benzene rings is 1. The summed E-state index contributed by atoms with van der Waals surface area (Å²) < 4.78 is 0. The fourth-order valence-electron chi connectivity index (χ4n) is 3.13. The maximum Gasteiger partial charge on any atom is 0.269 e. The van der Waals surface area contributed by atoms with E-state index in [1.54, 1.807) is 17.0 Å². The summed E-state index contributed by atoms with van der Waals surface area (Å²) in [6.45, 7) is 7.62. The van der Waals surface area contributed by atoms with Crippen LogP contribution >= 0.6 is 0 Å². The van der Waals surface area contributed by atoms with Crippen LogP contribution in [0.15, 0.2) is 18.2 Å². The SMILES string of the molecule is CC(=O)N1c2ccc([N+](=O)[O-])cc2C(C)CC1(C)C. The van der Waals surface area contributed by atoms with Gasteiger partial charge in [0.1, 0.15) is 0 Å². The Hall–Kier alpha value is -1.91. The van der Waals surface area contributed by atoms with Crippen molar-refractivity contribution in [2.75, 3.05) is 4.90 Å². The van der Waals surface area contributed by atoms with Gasteiger partial charge in [0.15, 0.2) is 0 Å². The summed E-state index contributed by atoms with van der Waals surface area (Å²) in [6, 6.07) is 4.74. The van der Waals surface area contributed by atoms with Crippen LogP contribution in [0.5, 0.6) is 0 Å². The van der Waals surface area contributed by atoms with Gasteiger partial charge in [-0.15, -0.1) is 0 Å². The molecule has 0 N–H and O–H groups in total. The highest BCUT2D eigenvalue weighted by atomic mass is 16.6. The summed E-state index contributed by atoms with van der Waals surface area (Å²) in [4.78, 5) is 24.1. The highest BCUT2D eigenvalue weighted by Gasteiger charge is 2.39.